The molecular formula is C12H12ClF3N2OS. The summed E-state index contributed by atoms with van der Waals surface area (Å²) in [5.74, 6) is 0.297. The molecule has 3 nitrogen and oxygen atoms in total. The summed E-state index contributed by atoms with van der Waals surface area (Å²) in [6, 6.07) is 0. The molecule has 0 saturated carbocycles. The number of halogens is 4. The molecule has 0 unspecified atom stereocenters. The number of alkyl halides is 3. The van der Waals surface area contributed by atoms with Gasteiger partial charge in [0.2, 0.25) is 0 Å². The van der Waals surface area contributed by atoms with Crippen molar-refractivity contribution in [2.45, 2.75) is 33.1 Å². The number of aromatic nitrogens is 2. The molecule has 0 fully saturated rings. The molecule has 0 radical (unpaired) electrons. The second kappa shape index (κ2) is 5.83. The van der Waals surface area contributed by atoms with E-state index in [1.165, 1.54) is 11.3 Å². The molecular weight excluding hydrogens is 313 g/mol. The third kappa shape index (κ3) is 3.59. The minimum Gasteiger partial charge on any atom is -0.373 e. The fourth-order valence-electron chi connectivity index (χ4n) is 1.66. The molecule has 0 N–H and O–H groups in total. The van der Waals surface area contributed by atoms with Crippen LogP contribution in [-0.4, -0.2) is 22.8 Å². The number of aryl methyl sites for hydroxylation is 2. The molecule has 0 bridgehead atoms. The van der Waals surface area contributed by atoms with E-state index in [0.717, 1.165) is 20.7 Å². The minimum atomic E-state index is -4.22. The topological polar surface area (TPSA) is 35.0 Å². The standard InChI is InChI=1S/C12H12ClF3N2OS/c1-6-7(2)20-11-9(6)10(13)17-8(18-11)5-19-4-3-12(14,15)16/h3-5H2,1-2H3. The molecule has 2 aromatic heterocycles. The minimum absolute atomic E-state index is 0.0816. The first-order chi connectivity index (χ1) is 9.28. The Hall–Kier alpha value is -0.920. The third-order valence-electron chi connectivity index (χ3n) is 2.79. The fourth-order valence-corrected chi connectivity index (χ4v) is 3.09. The predicted molar refractivity (Wildman–Crippen MR) is 72.2 cm³/mol. The monoisotopic (exact) mass is 324 g/mol. The highest BCUT2D eigenvalue weighted by Crippen LogP contribution is 2.32. The van der Waals surface area contributed by atoms with E-state index >= 15 is 0 Å². The van der Waals surface area contributed by atoms with Crippen LogP contribution in [0.2, 0.25) is 5.15 Å². The first kappa shape index (κ1) is 15.5. The lowest BCUT2D eigenvalue weighted by Gasteiger charge is -2.07. The van der Waals surface area contributed by atoms with Crippen LogP contribution in [0.5, 0.6) is 0 Å². The molecule has 0 saturated heterocycles. The molecule has 2 rings (SSSR count). The van der Waals surface area contributed by atoms with Gasteiger partial charge in [0.05, 0.1) is 18.4 Å². The summed E-state index contributed by atoms with van der Waals surface area (Å²) < 4.78 is 40.8. The largest absolute Gasteiger partial charge is 0.391 e. The maximum absolute atomic E-state index is 12.0. The summed E-state index contributed by atoms with van der Waals surface area (Å²) in [6.45, 7) is 3.40. The van der Waals surface area contributed by atoms with E-state index in [1.807, 2.05) is 13.8 Å². The first-order valence-electron chi connectivity index (χ1n) is 5.84. The Labute approximate surface area is 122 Å². The van der Waals surface area contributed by atoms with Gasteiger partial charge in [-0.1, -0.05) is 11.6 Å². The first-order valence-corrected chi connectivity index (χ1v) is 7.04. The van der Waals surface area contributed by atoms with Gasteiger partial charge < -0.3 is 4.74 Å². The maximum Gasteiger partial charge on any atom is 0.391 e. The Morgan fingerprint density at radius 1 is 1.25 bits per heavy atom. The number of ether oxygens (including phenoxy) is 1. The number of hydrogen-bond donors (Lipinski definition) is 0. The Morgan fingerprint density at radius 3 is 2.60 bits per heavy atom. The maximum atomic E-state index is 12.0. The van der Waals surface area contributed by atoms with Gasteiger partial charge in [-0.25, -0.2) is 9.97 Å². The number of fused-ring (bicyclic) bond motifs is 1. The van der Waals surface area contributed by atoms with E-state index in [9.17, 15) is 13.2 Å². The van der Waals surface area contributed by atoms with E-state index in [4.69, 9.17) is 16.3 Å². The van der Waals surface area contributed by atoms with Gasteiger partial charge in [0.1, 0.15) is 16.6 Å². The second-order valence-electron chi connectivity index (χ2n) is 4.31. The fraction of sp³-hybridized carbons (Fsp3) is 0.500. The van der Waals surface area contributed by atoms with Gasteiger partial charge in [-0.05, 0) is 19.4 Å². The number of thiophene rings is 1. The van der Waals surface area contributed by atoms with Crippen molar-refractivity contribution in [3.8, 4) is 0 Å². The van der Waals surface area contributed by atoms with E-state index in [1.54, 1.807) is 0 Å². The van der Waals surface area contributed by atoms with Crippen molar-refractivity contribution in [2.24, 2.45) is 0 Å². The average Bonchev–Trinajstić information content (AvgIpc) is 2.60. The van der Waals surface area contributed by atoms with Crippen molar-refractivity contribution in [1.82, 2.24) is 9.97 Å². The van der Waals surface area contributed by atoms with E-state index in [0.29, 0.717) is 11.0 Å². The van der Waals surface area contributed by atoms with Crippen molar-refractivity contribution in [3.05, 3.63) is 21.4 Å². The van der Waals surface area contributed by atoms with Crippen molar-refractivity contribution in [3.63, 3.8) is 0 Å². The smallest absolute Gasteiger partial charge is 0.373 e. The van der Waals surface area contributed by atoms with Gasteiger partial charge in [0.25, 0.3) is 0 Å². The lowest BCUT2D eigenvalue weighted by Crippen LogP contribution is -2.12. The van der Waals surface area contributed by atoms with Crippen LogP contribution in [0.3, 0.4) is 0 Å². The van der Waals surface area contributed by atoms with E-state index in [2.05, 4.69) is 9.97 Å². The molecule has 2 heterocycles. The van der Waals surface area contributed by atoms with Gasteiger partial charge in [-0.3, -0.25) is 0 Å². The number of hydrogen-bond acceptors (Lipinski definition) is 4. The summed E-state index contributed by atoms with van der Waals surface area (Å²) in [4.78, 5) is 10.2. The molecule has 0 aromatic carbocycles. The lowest BCUT2D eigenvalue weighted by molar-refractivity contribution is -0.146. The van der Waals surface area contributed by atoms with Gasteiger partial charge >= 0.3 is 6.18 Å². The van der Waals surface area contributed by atoms with Crippen LogP contribution in [0.25, 0.3) is 10.2 Å². The quantitative estimate of drug-likeness (QED) is 0.616. The zero-order valence-electron chi connectivity index (χ0n) is 10.8. The Morgan fingerprint density at radius 2 is 1.95 bits per heavy atom. The summed E-state index contributed by atoms with van der Waals surface area (Å²) in [6.07, 6.45) is -5.20. The third-order valence-corrected chi connectivity index (χ3v) is 4.17. The zero-order chi connectivity index (χ0) is 14.9. The molecule has 0 atom stereocenters. The molecule has 20 heavy (non-hydrogen) atoms. The van der Waals surface area contributed by atoms with Crippen LogP contribution < -0.4 is 0 Å². The molecule has 2 aromatic rings. The van der Waals surface area contributed by atoms with Gasteiger partial charge in [0, 0.05) is 4.88 Å². The molecule has 8 heteroatoms. The van der Waals surface area contributed by atoms with E-state index < -0.39 is 19.2 Å². The Kier molecular flexibility index (Phi) is 4.51. The number of nitrogens with zero attached hydrogens (tertiary/aromatic N) is 2. The SMILES string of the molecule is Cc1sc2nc(COCCC(F)(F)F)nc(Cl)c2c1C. The van der Waals surface area contributed by atoms with Crippen molar-refractivity contribution < 1.29 is 17.9 Å². The Balaban J connectivity index is 2.08. The zero-order valence-corrected chi connectivity index (χ0v) is 12.4. The highest BCUT2D eigenvalue weighted by atomic mass is 35.5. The highest BCUT2D eigenvalue weighted by molar-refractivity contribution is 7.18. The predicted octanol–water partition coefficient (Wildman–Crippen LogP) is 4.43. The van der Waals surface area contributed by atoms with Crippen LogP contribution in [0.15, 0.2) is 0 Å². The second-order valence-corrected chi connectivity index (χ2v) is 5.87. The van der Waals surface area contributed by atoms with E-state index in [-0.39, 0.29) is 6.61 Å². The molecule has 0 spiro atoms. The molecule has 0 amide bonds. The normalized spacial score (nSPS) is 12.3. The molecule has 0 aliphatic rings. The van der Waals surface area contributed by atoms with Crippen molar-refractivity contribution >= 4 is 33.2 Å². The van der Waals surface area contributed by atoms with Crippen LogP contribution in [0, 0.1) is 13.8 Å². The summed E-state index contributed by atoms with van der Waals surface area (Å²) in [5, 5.41) is 1.11. The van der Waals surface area contributed by atoms with Crippen molar-refractivity contribution in [1.29, 1.82) is 0 Å². The summed E-state index contributed by atoms with van der Waals surface area (Å²) in [5.41, 5.74) is 1.03. The van der Waals surface area contributed by atoms with Crippen molar-refractivity contribution in [2.75, 3.05) is 6.61 Å². The summed E-state index contributed by atoms with van der Waals surface area (Å²) >= 11 is 7.57. The average molecular weight is 325 g/mol. The van der Waals surface area contributed by atoms with Crippen LogP contribution in [0.1, 0.15) is 22.7 Å². The van der Waals surface area contributed by atoms with Gasteiger partial charge in [-0.15, -0.1) is 11.3 Å². The van der Waals surface area contributed by atoms with Crippen LogP contribution >= 0.6 is 22.9 Å². The molecule has 0 aliphatic heterocycles. The lowest BCUT2D eigenvalue weighted by atomic mass is 10.2. The Bertz CT molecular complexity index is 627. The number of rotatable bonds is 4. The molecule has 110 valence electrons. The van der Waals surface area contributed by atoms with Crippen LogP contribution in [-0.2, 0) is 11.3 Å². The van der Waals surface area contributed by atoms with Crippen LogP contribution in [0.4, 0.5) is 13.2 Å². The van der Waals surface area contributed by atoms with Gasteiger partial charge in [0.15, 0.2) is 5.82 Å². The highest BCUT2D eigenvalue weighted by Gasteiger charge is 2.26. The van der Waals surface area contributed by atoms with Gasteiger partial charge in [-0.2, -0.15) is 13.2 Å². The summed E-state index contributed by atoms with van der Waals surface area (Å²) in [7, 11) is 0. The molecule has 0 aliphatic carbocycles.